The molecule has 1 aromatic heterocycles. The van der Waals surface area contributed by atoms with Crippen molar-refractivity contribution in [1.82, 2.24) is 15.1 Å². The number of hydrogen-bond donors (Lipinski definition) is 2. The Hall–Kier alpha value is -1.85. The first-order chi connectivity index (χ1) is 9.11. The molecular weight excluding hydrogens is 246 g/mol. The van der Waals surface area contributed by atoms with E-state index in [9.17, 15) is 9.59 Å². The number of carboxylic acid groups (broad SMARTS) is 1. The van der Waals surface area contributed by atoms with Crippen LogP contribution in [0.5, 0.6) is 0 Å². The van der Waals surface area contributed by atoms with Crippen LogP contribution in [-0.2, 0) is 4.79 Å². The van der Waals surface area contributed by atoms with Gasteiger partial charge in [-0.3, -0.25) is 9.48 Å². The standard InChI is InChI=1S/C13H17N3O3/c17-11(14-13(6-7-13)12(18)19)10-5-8-16(15-10)9-3-1-2-4-9/h5,8-9H,1-4,6-7H2,(H,14,17)(H,18,19). The van der Waals surface area contributed by atoms with Gasteiger partial charge in [-0.2, -0.15) is 5.10 Å². The molecule has 3 rings (SSSR count). The third-order valence-corrected chi connectivity index (χ3v) is 4.05. The predicted octanol–water partition coefficient (Wildman–Crippen LogP) is 1.35. The van der Waals surface area contributed by atoms with Crippen LogP contribution in [0, 0.1) is 0 Å². The van der Waals surface area contributed by atoms with Gasteiger partial charge in [-0.25, -0.2) is 4.79 Å². The molecule has 2 aliphatic rings. The number of rotatable bonds is 4. The van der Waals surface area contributed by atoms with Crippen LogP contribution in [0.1, 0.15) is 55.1 Å². The molecule has 0 unspecified atom stereocenters. The molecule has 0 bridgehead atoms. The summed E-state index contributed by atoms with van der Waals surface area (Å²) < 4.78 is 1.84. The SMILES string of the molecule is O=C(NC1(C(=O)O)CC1)c1ccn(C2CCCC2)n1. The van der Waals surface area contributed by atoms with E-state index in [1.165, 1.54) is 12.8 Å². The number of aromatic nitrogens is 2. The van der Waals surface area contributed by atoms with Crippen LogP contribution < -0.4 is 5.32 Å². The van der Waals surface area contributed by atoms with E-state index in [1.807, 2.05) is 10.9 Å². The van der Waals surface area contributed by atoms with Crippen LogP contribution >= 0.6 is 0 Å². The molecule has 1 aromatic rings. The summed E-state index contributed by atoms with van der Waals surface area (Å²) in [5, 5.41) is 15.9. The highest BCUT2D eigenvalue weighted by Crippen LogP contribution is 2.35. The van der Waals surface area contributed by atoms with Gasteiger partial charge in [0.25, 0.3) is 5.91 Å². The van der Waals surface area contributed by atoms with E-state index in [4.69, 9.17) is 5.11 Å². The van der Waals surface area contributed by atoms with Gasteiger partial charge in [0.1, 0.15) is 11.2 Å². The van der Waals surface area contributed by atoms with Crippen LogP contribution in [0.4, 0.5) is 0 Å². The van der Waals surface area contributed by atoms with Gasteiger partial charge in [-0.15, -0.1) is 0 Å². The largest absolute Gasteiger partial charge is 0.480 e. The van der Waals surface area contributed by atoms with Crippen LogP contribution in [0.25, 0.3) is 0 Å². The lowest BCUT2D eigenvalue weighted by Gasteiger charge is -2.11. The molecule has 1 amide bonds. The van der Waals surface area contributed by atoms with Gasteiger partial charge in [0, 0.05) is 6.20 Å². The summed E-state index contributed by atoms with van der Waals surface area (Å²) in [6.07, 6.45) is 7.41. The lowest BCUT2D eigenvalue weighted by atomic mass is 10.2. The molecule has 102 valence electrons. The van der Waals surface area contributed by atoms with E-state index in [-0.39, 0.29) is 0 Å². The van der Waals surface area contributed by atoms with E-state index in [0.717, 1.165) is 12.8 Å². The second-order valence-electron chi connectivity index (χ2n) is 5.46. The number of carboxylic acids is 1. The Bertz CT molecular complexity index is 513. The molecule has 0 saturated heterocycles. The normalized spacial score (nSPS) is 21.3. The molecule has 6 heteroatoms. The van der Waals surface area contributed by atoms with Gasteiger partial charge < -0.3 is 10.4 Å². The zero-order chi connectivity index (χ0) is 13.5. The minimum atomic E-state index is -1.05. The third-order valence-electron chi connectivity index (χ3n) is 4.05. The van der Waals surface area contributed by atoms with Crippen molar-refractivity contribution in [2.45, 2.75) is 50.1 Å². The number of nitrogens with one attached hydrogen (secondary N) is 1. The smallest absolute Gasteiger partial charge is 0.329 e. The van der Waals surface area contributed by atoms with E-state index in [1.54, 1.807) is 6.07 Å². The van der Waals surface area contributed by atoms with Crippen molar-refractivity contribution in [2.75, 3.05) is 0 Å². The molecule has 1 heterocycles. The topological polar surface area (TPSA) is 84.2 Å². The Morgan fingerprint density at radius 1 is 1.37 bits per heavy atom. The quantitative estimate of drug-likeness (QED) is 0.858. The van der Waals surface area contributed by atoms with Crippen molar-refractivity contribution < 1.29 is 14.7 Å². The molecule has 2 saturated carbocycles. The molecule has 2 fully saturated rings. The van der Waals surface area contributed by atoms with E-state index in [0.29, 0.717) is 24.6 Å². The molecule has 0 atom stereocenters. The van der Waals surface area contributed by atoms with E-state index >= 15 is 0 Å². The monoisotopic (exact) mass is 263 g/mol. The highest BCUT2D eigenvalue weighted by molar-refractivity contribution is 5.97. The molecule has 6 nitrogen and oxygen atoms in total. The second-order valence-corrected chi connectivity index (χ2v) is 5.46. The summed E-state index contributed by atoms with van der Waals surface area (Å²) in [7, 11) is 0. The van der Waals surface area contributed by atoms with Crippen molar-refractivity contribution in [2.24, 2.45) is 0 Å². The van der Waals surface area contributed by atoms with Crippen LogP contribution in [-0.4, -0.2) is 32.3 Å². The molecular formula is C13H17N3O3. The van der Waals surface area contributed by atoms with Crippen LogP contribution in [0.15, 0.2) is 12.3 Å². The number of carbonyl (C=O) groups is 2. The molecule has 0 radical (unpaired) electrons. The number of hydrogen-bond acceptors (Lipinski definition) is 3. The first kappa shape index (κ1) is 12.2. The maximum atomic E-state index is 12.0. The van der Waals surface area contributed by atoms with Crippen molar-refractivity contribution in [3.05, 3.63) is 18.0 Å². The maximum absolute atomic E-state index is 12.0. The predicted molar refractivity (Wildman–Crippen MR) is 66.8 cm³/mol. The zero-order valence-electron chi connectivity index (χ0n) is 10.6. The number of aliphatic carboxylic acids is 1. The van der Waals surface area contributed by atoms with Crippen molar-refractivity contribution in [3.8, 4) is 0 Å². The van der Waals surface area contributed by atoms with Crippen LogP contribution in [0.2, 0.25) is 0 Å². The summed E-state index contributed by atoms with van der Waals surface area (Å²) in [5.41, 5.74) is -0.742. The summed E-state index contributed by atoms with van der Waals surface area (Å²) in [5.74, 6) is -1.35. The molecule has 2 N–H and O–H groups in total. The Balaban J connectivity index is 1.69. The average molecular weight is 263 g/mol. The highest BCUT2D eigenvalue weighted by atomic mass is 16.4. The third kappa shape index (κ3) is 2.22. The Morgan fingerprint density at radius 3 is 2.63 bits per heavy atom. The number of carbonyl (C=O) groups excluding carboxylic acids is 1. The summed E-state index contributed by atoms with van der Waals surface area (Å²) in [6, 6.07) is 2.04. The summed E-state index contributed by atoms with van der Waals surface area (Å²) >= 11 is 0. The maximum Gasteiger partial charge on any atom is 0.329 e. The first-order valence-electron chi connectivity index (χ1n) is 6.72. The second kappa shape index (κ2) is 4.36. The highest BCUT2D eigenvalue weighted by Gasteiger charge is 2.51. The van der Waals surface area contributed by atoms with Crippen molar-refractivity contribution >= 4 is 11.9 Å². The molecule has 19 heavy (non-hydrogen) atoms. The molecule has 0 aromatic carbocycles. The fraction of sp³-hybridized carbons (Fsp3) is 0.615. The minimum absolute atomic E-state index is 0.305. The Kier molecular flexibility index (Phi) is 2.80. The zero-order valence-corrected chi connectivity index (χ0v) is 10.6. The van der Waals surface area contributed by atoms with Gasteiger partial charge in [0.2, 0.25) is 0 Å². The molecule has 2 aliphatic carbocycles. The molecule has 0 spiro atoms. The lowest BCUT2D eigenvalue weighted by molar-refractivity contribution is -0.140. The number of amides is 1. The molecule has 0 aliphatic heterocycles. The van der Waals surface area contributed by atoms with Crippen molar-refractivity contribution in [3.63, 3.8) is 0 Å². The minimum Gasteiger partial charge on any atom is -0.480 e. The van der Waals surface area contributed by atoms with Gasteiger partial charge in [0.05, 0.1) is 6.04 Å². The van der Waals surface area contributed by atoms with Gasteiger partial charge >= 0.3 is 5.97 Å². The van der Waals surface area contributed by atoms with Gasteiger partial charge in [-0.05, 0) is 31.7 Å². The fourth-order valence-corrected chi connectivity index (χ4v) is 2.63. The lowest BCUT2D eigenvalue weighted by Crippen LogP contribution is -2.43. The van der Waals surface area contributed by atoms with Crippen LogP contribution in [0.3, 0.4) is 0 Å². The number of nitrogens with zero attached hydrogens (tertiary/aromatic N) is 2. The van der Waals surface area contributed by atoms with Gasteiger partial charge in [-0.1, -0.05) is 12.8 Å². The summed E-state index contributed by atoms with van der Waals surface area (Å²) in [4.78, 5) is 23.0. The summed E-state index contributed by atoms with van der Waals surface area (Å²) in [6.45, 7) is 0. The fourth-order valence-electron chi connectivity index (χ4n) is 2.63. The van der Waals surface area contributed by atoms with Gasteiger partial charge in [0.15, 0.2) is 0 Å². The Morgan fingerprint density at radius 2 is 2.05 bits per heavy atom. The van der Waals surface area contributed by atoms with Crippen molar-refractivity contribution in [1.29, 1.82) is 0 Å². The first-order valence-corrected chi connectivity index (χ1v) is 6.72. The Labute approximate surface area is 110 Å². The van der Waals surface area contributed by atoms with E-state index in [2.05, 4.69) is 10.4 Å². The van der Waals surface area contributed by atoms with E-state index < -0.39 is 17.4 Å². The average Bonchev–Trinajstić information content (AvgIpc) is 2.87.